The Morgan fingerprint density at radius 1 is 1.35 bits per heavy atom. The van der Waals surface area contributed by atoms with Crippen molar-refractivity contribution < 1.29 is 19.1 Å². The molecule has 0 aliphatic carbocycles. The van der Waals surface area contributed by atoms with E-state index in [0.29, 0.717) is 17.8 Å². The molecule has 1 heterocycles. The van der Waals surface area contributed by atoms with Crippen LogP contribution in [0.2, 0.25) is 0 Å². The first-order valence-corrected chi connectivity index (χ1v) is 7.62. The lowest BCUT2D eigenvalue weighted by atomic mass is 9.82. The van der Waals surface area contributed by atoms with Crippen LogP contribution in [-0.4, -0.2) is 48.0 Å². The van der Waals surface area contributed by atoms with Crippen LogP contribution < -0.4 is 5.73 Å². The topological polar surface area (TPSA) is 106 Å². The lowest BCUT2D eigenvalue weighted by molar-refractivity contribution is -0.135. The van der Waals surface area contributed by atoms with Crippen LogP contribution in [0.15, 0.2) is 11.3 Å². The zero-order valence-corrected chi connectivity index (χ0v) is 14.8. The van der Waals surface area contributed by atoms with Gasteiger partial charge in [-0.1, -0.05) is 13.8 Å². The number of nitrogens with two attached hydrogens (primary N) is 1. The molecule has 0 radical (unpaired) electrons. The standard InChI is InChI=1S/C16H27N3O4/c1-7-22-13(20)11(17)10-8-19(9-16(5,6)12(10)18)14(21)23-15(2,3)4/h17H,7-9,18H2,1-6H3. The van der Waals surface area contributed by atoms with E-state index in [9.17, 15) is 9.59 Å². The normalized spacial score (nSPS) is 17.7. The summed E-state index contributed by atoms with van der Waals surface area (Å²) in [4.78, 5) is 25.6. The Morgan fingerprint density at radius 2 is 1.91 bits per heavy atom. The van der Waals surface area contributed by atoms with Crippen LogP contribution in [0.25, 0.3) is 0 Å². The number of rotatable bonds is 3. The maximum atomic E-state index is 12.3. The van der Waals surface area contributed by atoms with Gasteiger partial charge < -0.3 is 20.1 Å². The number of carbonyl (C=O) groups is 2. The predicted molar refractivity (Wildman–Crippen MR) is 87.2 cm³/mol. The van der Waals surface area contributed by atoms with Gasteiger partial charge in [-0.3, -0.25) is 5.41 Å². The van der Waals surface area contributed by atoms with Gasteiger partial charge in [-0.25, -0.2) is 9.59 Å². The van der Waals surface area contributed by atoms with Crippen LogP contribution in [0.5, 0.6) is 0 Å². The zero-order chi connectivity index (χ0) is 18.0. The van der Waals surface area contributed by atoms with Crippen LogP contribution in [0.1, 0.15) is 41.5 Å². The van der Waals surface area contributed by atoms with Gasteiger partial charge in [-0.05, 0) is 27.7 Å². The Balaban J connectivity index is 3.08. The first-order valence-electron chi connectivity index (χ1n) is 7.62. The smallest absolute Gasteiger partial charge is 0.410 e. The molecule has 1 aliphatic rings. The molecule has 7 heteroatoms. The Bertz CT molecular complexity index is 544. The molecule has 7 nitrogen and oxygen atoms in total. The van der Waals surface area contributed by atoms with Crippen molar-refractivity contribution in [3.05, 3.63) is 11.3 Å². The highest BCUT2D eigenvalue weighted by Crippen LogP contribution is 2.32. The Kier molecular flexibility index (Phi) is 5.45. The number of nitrogens with one attached hydrogen (secondary N) is 1. The molecule has 23 heavy (non-hydrogen) atoms. The summed E-state index contributed by atoms with van der Waals surface area (Å²) < 4.78 is 10.2. The summed E-state index contributed by atoms with van der Waals surface area (Å²) >= 11 is 0. The average Bonchev–Trinajstić information content (AvgIpc) is 2.39. The van der Waals surface area contributed by atoms with Gasteiger partial charge in [0.2, 0.25) is 0 Å². The van der Waals surface area contributed by atoms with Crippen molar-refractivity contribution in [3.63, 3.8) is 0 Å². The molecule has 0 saturated carbocycles. The monoisotopic (exact) mass is 325 g/mol. The second-order valence-electron chi connectivity index (χ2n) is 7.21. The number of nitrogens with zero attached hydrogens (tertiary/aromatic N) is 1. The van der Waals surface area contributed by atoms with Gasteiger partial charge in [0.1, 0.15) is 11.3 Å². The minimum Gasteiger partial charge on any atom is -0.461 e. The van der Waals surface area contributed by atoms with E-state index < -0.39 is 23.1 Å². The van der Waals surface area contributed by atoms with Gasteiger partial charge in [0, 0.05) is 23.2 Å². The molecule has 0 saturated heterocycles. The maximum absolute atomic E-state index is 12.3. The van der Waals surface area contributed by atoms with Gasteiger partial charge >= 0.3 is 12.1 Å². The summed E-state index contributed by atoms with van der Waals surface area (Å²) in [6.45, 7) is 11.3. The number of esters is 1. The highest BCUT2D eigenvalue weighted by atomic mass is 16.6. The molecule has 1 aliphatic heterocycles. The van der Waals surface area contributed by atoms with Gasteiger partial charge in [0.05, 0.1) is 13.2 Å². The van der Waals surface area contributed by atoms with E-state index in [2.05, 4.69) is 0 Å². The van der Waals surface area contributed by atoms with Crippen molar-refractivity contribution in [2.45, 2.75) is 47.1 Å². The number of carbonyl (C=O) groups excluding carboxylic acids is 2. The quantitative estimate of drug-likeness (QED) is 0.610. The second kappa shape index (κ2) is 6.60. The Hall–Kier alpha value is -2.05. The highest BCUT2D eigenvalue weighted by Gasteiger charge is 2.38. The van der Waals surface area contributed by atoms with E-state index in [4.69, 9.17) is 20.6 Å². The molecule has 130 valence electrons. The number of amides is 1. The van der Waals surface area contributed by atoms with Crippen molar-refractivity contribution in [1.29, 1.82) is 5.41 Å². The fourth-order valence-electron chi connectivity index (χ4n) is 2.30. The summed E-state index contributed by atoms with van der Waals surface area (Å²) in [5.74, 6) is -0.743. The fourth-order valence-corrected chi connectivity index (χ4v) is 2.30. The van der Waals surface area contributed by atoms with E-state index in [1.807, 2.05) is 13.8 Å². The minimum atomic E-state index is -0.743. The SMILES string of the molecule is CCOC(=O)C(=N)C1=C(N)C(C)(C)CN(C(=O)OC(C)(C)C)C1. The first kappa shape index (κ1) is 19.0. The minimum absolute atomic E-state index is 0.0574. The third kappa shape index (κ3) is 4.71. The van der Waals surface area contributed by atoms with Crippen molar-refractivity contribution in [2.24, 2.45) is 11.1 Å². The molecule has 3 N–H and O–H groups in total. The van der Waals surface area contributed by atoms with E-state index in [1.165, 1.54) is 4.90 Å². The molecule has 0 aromatic carbocycles. The third-order valence-corrected chi connectivity index (χ3v) is 3.42. The molecule has 0 bridgehead atoms. The zero-order valence-electron chi connectivity index (χ0n) is 14.8. The van der Waals surface area contributed by atoms with Gasteiger partial charge in [0.15, 0.2) is 0 Å². The van der Waals surface area contributed by atoms with Crippen LogP contribution in [0, 0.1) is 10.8 Å². The maximum Gasteiger partial charge on any atom is 0.410 e. The fraction of sp³-hybridized carbons (Fsp3) is 0.688. The molecule has 0 aromatic heterocycles. The van der Waals surface area contributed by atoms with Crippen molar-refractivity contribution in [1.82, 2.24) is 4.90 Å². The molecule has 1 rings (SSSR count). The molecular formula is C16H27N3O4. The van der Waals surface area contributed by atoms with Crippen LogP contribution in [-0.2, 0) is 14.3 Å². The average molecular weight is 325 g/mol. The molecule has 0 fully saturated rings. The lowest BCUT2D eigenvalue weighted by Gasteiger charge is -2.40. The summed E-state index contributed by atoms with van der Waals surface area (Å²) in [6.07, 6.45) is -0.493. The highest BCUT2D eigenvalue weighted by molar-refractivity contribution is 6.42. The summed E-state index contributed by atoms with van der Waals surface area (Å²) in [5.41, 5.74) is 5.37. The lowest BCUT2D eigenvalue weighted by Crippen LogP contribution is -2.50. The molecule has 0 atom stereocenters. The molecule has 0 aromatic rings. The Labute approximate surface area is 137 Å². The van der Waals surface area contributed by atoms with Gasteiger partial charge in [0.25, 0.3) is 0 Å². The number of hydrogen-bond donors (Lipinski definition) is 2. The Morgan fingerprint density at radius 3 is 2.39 bits per heavy atom. The van der Waals surface area contributed by atoms with E-state index in [1.54, 1.807) is 27.7 Å². The molecule has 0 spiro atoms. The van der Waals surface area contributed by atoms with Gasteiger partial charge in [-0.2, -0.15) is 0 Å². The van der Waals surface area contributed by atoms with Crippen LogP contribution in [0.3, 0.4) is 0 Å². The number of ether oxygens (including phenoxy) is 2. The predicted octanol–water partition coefficient (Wildman–Crippen LogP) is 2.06. The molecular weight excluding hydrogens is 298 g/mol. The largest absolute Gasteiger partial charge is 0.461 e. The first-order chi connectivity index (χ1) is 10.4. The third-order valence-electron chi connectivity index (χ3n) is 3.42. The van der Waals surface area contributed by atoms with E-state index in [-0.39, 0.29) is 18.9 Å². The van der Waals surface area contributed by atoms with Crippen molar-refractivity contribution in [2.75, 3.05) is 19.7 Å². The summed E-state index contributed by atoms with van der Waals surface area (Å²) in [7, 11) is 0. The molecule has 0 unspecified atom stereocenters. The summed E-state index contributed by atoms with van der Waals surface area (Å²) in [5, 5.41) is 8.02. The second-order valence-corrected chi connectivity index (χ2v) is 7.21. The van der Waals surface area contributed by atoms with Gasteiger partial charge in [-0.15, -0.1) is 0 Å². The van der Waals surface area contributed by atoms with Crippen LogP contribution in [0.4, 0.5) is 4.79 Å². The van der Waals surface area contributed by atoms with E-state index in [0.717, 1.165) is 0 Å². The van der Waals surface area contributed by atoms with Crippen molar-refractivity contribution >= 4 is 17.8 Å². The van der Waals surface area contributed by atoms with E-state index >= 15 is 0 Å². The summed E-state index contributed by atoms with van der Waals surface area (Å²) in [6, 6.07) is 0. The molecule has 1 amide bonds. The van der Waals surface area contributed by atoms with Crippen molar-refractivity contribution in [3.8, 4) is 0 Å². The number of hydrogen-bond acceptors (Lipinski definition) is 6. The van der Waals surface area contributed by atoms with Crippen LogP contribution >= 0.6 is 0 Å².